The van der Waals surface area contributed by atoms with Crippen LogP contribution in [-0.4, -0.2) is 29.7 Å². The maximum atomic E-state index is 14.6. The van der Waals surface area contributed by atoms with Gasteiger partial charge in [-0.2, -0.15) is 0 Å². The number of carbonyl (C=O) groups excluding carboxylic acids is 1. The van der Waals surface area contributed by atoms with Crippen molar-refractivity contribution in [3.05, 3.63) is 58.4 Å². The first-order chi connectivity index (χ1) is 13.3. The van der Waals surface area contributed by atoms with Crippen LogP contribution < -0.4 is 11.1 Å². The van der Waals surface area contributed by atoms with Crippen LogP contribution in [-0.2, 0) is 10.3 Å². The molecule has 2 aromatic rings. The number of nitrogens with one attached hydrogen (secondary N) is 1. The third kappa shape index (κ3) is 3.05. The lowest BCUT2D eigenvalue weighted by Crippen LogP contribution is -2.40. The molecule has 0 radical (unpaired) electrons. The normalized spacial score (nSPS) is 25.4. The van der Waals surface area contributed by atoms with Crippen LogP contribution in [0.1, 0.15) is 22.5 Å². The van der Waals surface area contributed by atoms with Gasteiger partial charge in [0.1, 0.15) is 24.0 Å². The van der Waals surface area contributed by atoms with Crippen LogP contribution >= 0.6 is 11.6 Å². The number of hydrogen-bond donors (Lipinski definition) is 2. The van der Waals surface area contributed by atoms with E-state index in [0.717, 1.165) is 12.1 Å². The van der Waals surface area contributed by atoms with Crippen molar-refractivity contribution in [2.75, 3.05) is 12.0 Å². The molecule has 2 heterocycles. The number of halogens is 4. The highest BCUT2D eigenvalue weighted by Crippen LogP contribution is 2.54. The van der Waals surface area contributed by atoms with E-state index < -0.39 is 41.8 Å². The molecule has 6 nitrogen and oxygen atoms in total. The fourth-order valence-corrected chi connectivity index (χ4v) is 3.52. The Labute approximate surface area is 162 Å². The van der Waals surface area contributed by atoms with E-state index in [0.29, 0.717) is 11.4 Å². The summed E-state index contributed by atoms with van der Waals surface area (Å²) in [5.41, 5.74) is 3.52. The number of rotatable bonds is 4. The fraction of sp³-hybridized carbons (Fsp3) is 0.278. The van der Waals surface area contributed by atoms with E-state index in [9.17, 15) is 18.0 Å². The van der Waals surface area contributed by atoms with Gasteiger partial charge >= 0.3 is 0 Å². The van der Waals surface area contributed by atoms with Gasteiger partial charge in [-0.25, -0.2) is 23.1 Å². The maximum Gasteiger partial charge on any atom is 0.283 e. The van der Waals surface area contributed by atoms with E-state index >= 15 is 0 Å². The van der Waals surface area contributed by atoms with E-state index in [2.05, 4.69) is 15.3 Å². The number of nitrogens with two attached hydrogens (primary N) is 1. The summed E-state index contributed by atoms with van der Waals surface area (Å²) >= 11 is 5.73. The molecule has 0 saturated heterocycles. The summed E-state index contributed by atoms with van der Waals surface area (Å²) in [6.45, 7) is -1.09. The fourth-order valence-electron chi connectivity index (χ4n) is 3.41. The molecule has 1 unspecified atom stereocenters. The van der Waals surface area contributed by atoms with Gasteiger partial charge in [0.15, 0.2) is 11.6 Å². The number of anilines is 1. The highest BCUT2D eigenvalue weighted by molar-refractivity contribution is 6.30. The van der Waals surface area contributed by atoms with Crippen LogP contribution in [0.15, 0.2) is 35.5 Å². The lowest BCUT2D eigenvalue weighted by Gasteiger charge is -2.31. The highest BCUT2D eigenvalue weighted by atomic mass is 35.5. The summed E-state index contributed by atoms with van der Waals surface area (Å²) in [6.07, 6.45) is 1.30. The summed E-state index contributed by atoms with van der Waals surface area (Å²) in [7, 11) is 0. The number of pyridine rings is 1. The van der Waals surface area contributed by atoms with Crippen LogP contribution in [0, 0.1) is 17.6 Å². The molecular formula is C18H14ClF3N4O2. The van der Waals surface area contributed by atoms with Gasteiger partial charge in [-0.05, 0) is 24.6 Å². The number of ether oxygens (including phenoxy) is 1. The zero-order valence-corrected chi connectivity index (χ0v) is 15.0. The minimum Gasteiger partial charge on any atom is -0.462 e. The molecule has 1 saturated carbocycles. The standard InChI is InChI=1S/C18H14ClF3N4O2/c19-8-1-2-13(24-6-8)16(27)25-9-3-11(15(22)12(21)4-9)18(7-20)10-5-14(10)28-17(23)26-18/h1-4,6,10,14H,5,7H2,(H2,23,26)(H,25,27)/t10-,14?,18-/m1/s1. The summed E-state index contributed by atoms with van der Waals surface area (Å²) < 4.78 is 48.1. The van der Waals surface area contributed by atoms with Crippen LogP contribution in [0.2, 0.25) is 5.02 Å². The Morgan fingerprint density at radius 2 is 2.18 bits per heavy atom. The van der Waals surface area contributed by atoms with Crippen LogP contribution in [0.5, 0.6) is 0 Å². The molecule has 4 rings (SSSR count). The highest BCUT2D eigenvalue weighted by Gasteiger charge is 2.60. The number of benzene rings is 1. The average Bonchev–Trinajstić information content (AvgIpc) is 3.44. The van der Waals surface area contributed by atoms with Crippen molar-refractivity contribution in [2.45, 2.75) is 18.1 Å². The quantitative estimate of drug-likeness (QED) is 0.810. The van der Waals surface area contributed by atoms with E-state index in [1.807, 2.05) is 0 Å². The molecule has 0 bridgehead atoms. The number of nitrogens with zero attached hydrogens (tertiary/aromatic N) is 2. The summed E-state index contributed by atoms with van der Waals surface area (Å²) in [5.74, 6) is -3.63. The number of aromatic nitrogens is 1. The van der Waals surface area contributed by atoms with Crippen molar-refractivity contribution in [3.63, 3.8) is 0 Å². The predicted molar refractivity (Wildman–Crippen MR) is 95.8 cm³/mol. The van der Waals surface area contributed by atoms with Gasteiger partial charge in [-0.1, -0.05) is 11.6 Å². The average molecular weight is 411 g/mol. The largest absolute Gasteiger partial charge is 0.462 e. The predicted octanol–water partition coefficient (Wildman–Crippen LogP) is 3.16. The summed E-state index contributed by atoms with van der Waals surface area (Å²) in [5, 5.41) is 2.76. The first-order valence-corrected chi connectivity index (χ1v) is 8.72. The van der Waals surface area contributed by atoms with Crippen LogP contribution in [0.4, 0.5) is 18.9 Å². The topological polar surface area (TPSA) is 89.6 Å². The van der Waals surface area contributed by atoms with Gasteiger partial charge in [0.05, 0.1) is 5.02 Å². The van der Waals surface area contributed by atoms with Crippen molar-refractivity contribution in [3.8, 4) is 0 Å². The molecule has 3 atom stereocenters. The van der Waals surface area contributed by atoms with Gasteiger partial charge in [0.25, 0.3) is 11.9 Å². The molecule has 1 aromatic heterocycles. The Kier molecular flexibility index (Phi) is 4.41. The Morgan fingerprint density at radius 3 is 2.86 bits per heavy atom. The van der Waals surface area contributed by atoms with Crippen LogP contribution in [0.3, 0.4) is 0 Å². The second kappa shape index (κ2) is 6.66. The lowest BCUT2D eigenvalue weighted by atomic mass is 9.85. The number of hydrogen-bond acceptors (Lipinski definition) is 5. The van der Waals surface area contributed by atoms with E-state index in [1.54, 1.807) is 0 Å². The van der Waals surface area contributed by atoms with Gasteiger partial charge in [0.2, 0.25) is 0 Å². The van der Waals surface area contributed by atoms with E-state index in [-0.39, 0.29) is 23.0 Å². The minimum atomic E-state index is -1.70. The van der Waals surface area contributed by atoms with Crippen molar-refractivity contribution in [1.29, 1.82) is 0 Å². The maximum absolute atomic E-state index is 14.6. The molecule has 1 aliphatic carbocycles. The van der Waals surface area contributed by atoms with Crippen molar-refractivity contribution in [2.24, 2.45) is 16.6 Å². The molecule has 1 aromatic carbocycles. The number of amides is 1. The zero-order valence-electron chi connectivity index (χ0n) is 14.3. The smallest absolute Gasteiger partial charge is 0.283 e. The first kappa shape index (κ1) is 18.5. The monoisotopic (exact) mass is 410 g/mol. The van der Waals surface area contributed by atoms with E-state index in [4.69, 9.17) is 22.1 Å². The molecular weight excluding hydrogens is 397 g/mol. The number of amidine groups is 1. The molecule has 1 amide bonds. The number of alkyl halides is 1. The second-order valence-electron chi connectivity index (χ2n) is 6.64. The Bertz CT molecular complexity index is 986. The second-order valence-corrected chi connectivity index (χ2v) is 7.08. The van der Waals surface area contributed by atoms with Gasteiger partial charge in [0, 0.05) is 29.4 Å². The van der Waals surface area contributed by atoms with Crippen molar-refractivity contribution >= 4 is 29.2 Å². The molecule has 0 spiro atoms. The number of fused-ring (bicyclic) bond motifs is 1. The molecule has 2 aliphatic rings. The Morgan fingerprint density at radius 1 is 1.39 bits per heavy atom. The van der Waals surface area contributed by atoms with Crippen molar-refractivity contribution < 1.29 is 22.7 Å². The zero-order chi connectivity index (χ0) is 20.1. The molecule has 1 fully saturated rings. The minimum absolute atomic E-state index is 0.0199. The number of aliphatic imine (C=N–C) groups is 1. The number of carbonyl (C=O) groups is 1. The van der Waals surface area contributed by atoms with E-state index in [1.165, 1.54) is 18.3 Å². The molecule has 1 aliphatic heterocycles. The SMILES string of the molecule is NC1=N[C@@](CF)(c2cc(NC(=O)c3ccc(Cl)cn3)cc(F)c2F)[C@@H]2CC2O1. The first-order valence-electron chi connectivity index (χ1n) is 8.34. The Hall–Kier alpha value is -2.81. The molecule has 28 heavy (non-hydrogen) atoms. The van der Waals surface area contributed by atoms with Gasteiger partial charge in [-0.3, -0.25) is 4.79 Å². The lowest BCUT2D eigenvalue weighted by molar-refractivity contribution is 0.102. The Balaban J connectivity index is 1.72. The molecule has 10 heteroatoms. The van der Waals surface area contributed by atoms with Crippen molar-refractivity contribution in [1.82, 2.24) is 4.98 Å². The third-order valence-corrected chi connectivity index (χ3v) is 5.07. The van der Waals surface area contributed by atoms with Crippen LogP contribution in [0.25, 0.3) is 0 Å². The third-order valence-electron chi connectivity index (χ3n) is 4.84. The van der Waals surface area contributed by atoms with Gasteiger partial charge in [-0.15, -0.1) is 0 Å². The summed E-state index contributed by atoms with van der Waals surface area (Å²) in [4.78, 5) is 20.1. The molecule has 3 N–H and O–H groups in total. The van der Waals surface area contributed by atoms with Gasteiger partial charge < -0.3 is 15.8 Å². The summed E-state index contributed by atoms with van der Waals surface area (Å²) in [6, 6.07) is 4.51. The molecule has 146 valence electrons.